The first-order valence-electron chi connectivity index (χ1n) is 11.1. The highest BCUT2D eigenvalue weighted by Crippen LogP contribution is 2.52. The first-order chi connectivity index (χ1) is 14.6. The van der Waals surface area contributed by atoms with Gasteiger partial charge in [-0.15, -0.1) is 0 Å². The lowest BCUT2D eigenvalue weighted by molar-refractivity contribution is -0.175. The van der Waals surface area contributed by atoms with E-state index in [9.17, 15) is 4.79 Å². The maximum Gasteiger partial charge on any atom is 0.248 e. The van der Waals surface area contributed by atoms with Crippen LogP contribution >= 0.6 is 0 Å². The molecule has 5 heteroatoms. The number of nitrogens with zero attached hydrogens (tertiary/aromatic N) is 2. The Balaban J connectivity index is 1.36. The number of hydrogen-bond acceptors (Lipinski definition) is 4. The number of hydrogen-bond donors (Lipinski definition) is 1. The van der Waals surface area contributed by atoms with E-state index in [0.29, 0.717) is 23.4 Å². The molecule has 5 nitrogen and oxygen atoms in total. The third-order valence-corrected chi connectivity index (χ3v) is 7.66. The molecule has 1 saturated carbocycles. The van der Waals surface area contributed by atoms with Crippen LogP contribution in [0.25, 0.3) is 0 Å². The number of benzene rings is 2. The number of methoxy groups -OCH3 is 1. The van der Waals surface area contributed by atoms with Crippen molar-refractivity contribution in [2.75, 3.05) is 38.2 Å². The molecule has 158 valence electrons. The molecule has 5 rings (SSSR count). The number of carbonyl (C=O) groups excluding carboxylic acids is 1. The van der Waals surface area contributed by atoms with Crippen LogP contribution in [0.15, 0.2) is 54.6 Å². The number of carbonyl (C=O) groups is 1. The number of fused-ring (bicyclic) bond motifs is 2. The number of piperidine rings is 1. The maximum atomic E-state index is 11.8. The second-order valence-corrected chi connectivity index (χ2v) is 9.12. The molecule has 2 aliphatic heterocycles. The summed E-state index contributed by atoms with van der Waals surface area (Å²) in [7, 11) is 1.85. The Hall–Kier alpha value is -2.37. The fourth-order valence-corrected chi connectivity index (χ4v) is 6.14. The van der Waals surface area contributed by atoms with E-state index >= 15 is 0 Å². The minimum atomic E-state index is -0.374. The second kappa shape index (κ2) is 7.71. The Morgan fingerprint density at radius 2 is 1.70 bits per heavy atom. The molecule has 3 atom stereocenters. The van der Waals surface area contributed by atoms with E-state index in [1.807, 2.05) is 19.2 Å². The van der Waals surface area contributed by atoms with E-state index in [0.717, 1.165) is 44.6 Å². The van der Waals surface area contributed by atoms with Crippen LogP contribution in [0.2, 0.25) is 0 Å². The Labute approximate surface area is 178 Å². The summed E-state index contributed by atoms with van der Waals surface area (Å²) in [6, 6.07) is 19.1. The van der Waals surface area contributed by atoms with Gasteiger partial charge in [0.15, 0.2) is 0 Å². The van der Waals surface area contributed by atoms with Crippen molar-refractivity contribution in [3.63, 3.8) is 0 Å². The first kappa shape index (κ1) is 19.6. The number of primary amides is 1. The zero-order valence-corrected chi connectivity index (χ0v) is 17.7. The van der Waals surface area contributed by atoms with E-state index < -0.39 is 0 Å². The predicted octanol–water partition coefficient (Wildman–Crippen LogP) is 3.25. The lowest BCUT2D eigenvalue weighted by atomic mass is 9.62. The monoisotopic (exact) mass is 405 g/mol. The predicted molar refractivity (Wildman–Crippen MR) is 118 cm³/mol. The SMILES string of the molecule is CO[C@@]1(c2cccc(C(N)=O)c2)[C@@H]2CCC[C@H]1CN(C1CN(c3ccccc3)C1)C2. The molecule has 2 heterocycles. The highest BCUT2D eigenvalue weighted by atomic mass is 16.5. The van der Waals surface area contributed by atoms with Crippen molar-refractivity contribution in [2.45, 2.75) is 30.9 Å². The third kappa shape index (κ3) is 3.12. The molecule has 0 aromatic heterocycles. The van der Waals surface area contributed by atoms with Crippen LogP contribution in [-0.4, -0.2) is 50.1 Å². The quantitative estimate of drug-likeness (QED) is 0.830. The average molecular weight is 406 g/mol. The largest absolute Gasteiger partial charge is 0.373 e. The van der Waals surface area contributed by atoms with Gasteiger partial charge >= 0.3 is 0 Å². The van der Waals surface area contributed by atoms with Gasteiger partial charge in [0.05, 0.1) is 0 Å². The highest BCUT2D eigenvalue weighted by molar-refractivity contribution is 5.92. The molecule has 0 unspecified atom stereocenters. The molecule has 2 saturated heterocycles. The van der Waals surface area contributed by atoms with Crippen LogP contribution in [0.4, 0.5) is 5.69 Å². The van der Waals surface area contributed by atoms with Crippen molar-refractivity contribution in [1.82, 2.24) is 4.90 Å². The lowest BCUT2D eigenvalue weighted by Gasteiger charge is -2.59. The van der Waals surface area contributed by atoms with Crippen molar-refractivity contribution in [3.8, 4) is 0 Å². The topological polar surface area (TPSA) is 58.8 Å². The number of anilines is 1. The van der Waals surface area contributed by atoms with E-state index in [-0.39, 0.29) is 11.5 Å². The van der Waals surface area contributed by atoms with Crippen molar-refractivity contribution in [1.29, 1.82) is 0 Å². The van der Waals surface area contributed by atoms with E-state index in [2.05, 4.69) is 46.2 Å². The molecular formula is C25H31N3O2. The standard InChI is InChI=1S/C25H31N3O2/c1-30-25(19-8-5-7-18(13-19)24(26)29)20-9-6-10-21(25)15-27(14-20)23-16-28(17-23)22-11-3-2-4-12-22/h2-5,7-8,11-13,20-21,23H,6,9-10,14-17H2,1H3,(H2,26,29)/t20-,21+,25+. The maximum absolute atomic E-state index is 11.8. The van der Waals surface area contributed by atoms with Gasteiger partial charge in [-0.25, -0.2) is 0 Å². The smallest absolute Gasteiger partial charge is 0.248 e. The van der Waals surface area contributed by atoms with Crippen LogP contribution in [-0.2, 0) is 10.3 Å². The van der Waals surface area contributed by atoms with Gasteiger partial charge in [0.1, 0.15) is 5.60 Å². The van der Waals surface area contributed by atoms with Gasteiger partial charge in [0.25, 0.3) is 0 Å². The van der Waals surface area contributed by atoms with Gasteiger partial charge in [-0.05, 0) is 42.7 Å². The zero-order chi connectivity index (χ0) is 20.7. The van der Waals surface area contributed by atoms with Crippen LogP contribution in [0, 0.1) is 11.8 Å². The summed E-state index contributed by atoms with van der Waals surface area (Å²) in [6.07, 6.45) is 3.58. The van der Waals surface area contributed by atoms with Crippen molar-refractivity contribution >= 4 is 11.6 Å². The number of nitrogens with two attached hydrogens (primary N) is 1. The molecule has 2 N–H and O–H groups in total. The first-order valence-corrected chi connectivity index (χ1v) is 11.1. The Bertz CT molecular complexity index is 896. The van der Waals surface area contributed by atoms with Gasteiger partial charge in [-0.3, -0.25) is 9.69 Å². The minimum absolute atomic E-state index is 0.316. The fourth-order valence-electron chi connectivity index (χ4n) is 6.14. The molecule has 1 amide bonds. The van der Waals surface area contributed by atoms with E-state index in [1.54, 1.807) is 6.07 Å². The number of likely N-dealkylation sites (tertiary alicyclic amines) is 1. The number of rotatable bonds is 5. The molecule has 2 bridgehead atoms. The van der Waals surface area contributed by atoms with E-state index in [4.69, 9.17) is 10.5 Å². The van der Waals surface area contributed by atoms with Crippen LogP contribution < -0.4 is 10.6 Å². The molecule has 0 spiro atoms. The van der Waals surface area contributed by atoms with Gasteiger partial charge in [0, 0.05) is 62.4 Å². The molecular weight excluding hydrogens is 374 g/mol. The summed E-state index contributed by atoms with van der Waals surface area (Å²) in [5.41, 5.74) is 8.26. The summed E-state index contributed by atoms with van der Waals surface area (Å²) < 4.78 is 6.35. The Kier molecular flexibility index (Phi) is 5.03. The minimum Gasteiger partial charge on any atom is -0.373 e. The summed E-state index contributed by atoms with van der Waals surface area (Å²) in [5, 5.41) is 0. The molecule has 0 radical (unpaired) electrons. The van der Waals surface area contributed by atoms with Gasteiger partial charge in [-0.1, -0.05) is 36.8 Å². The average Bonchev–Trinajstić information content (AvgIpc) is 2.73. The summed E-state index contributed by atoms with van der Waals surface area (Å²) >= 11 is 0. The number of ether oxygens (including phenoxy) is 1. The Morgan fingerprint density at radius 1 is 1.00 bits per heavy atom. The number of para-hydroxylation sites is 1. The molecule has 1 aliphatic carbocycles. The Morgan fingerprint density at radius 3 is 2.33 bits per heavy atom. The van der Waals surface area contributed by atoms with E-state index in [1.165, 1.54) is 12.1 Å². The third-order valence-electron chi connectivity index (χ3n) is 7.66. The van der Waals surface area contributed by atoms with Crippen LogP contribution in [0.5, 0.6) is 0 Å². The van der Waals surface area contributed by atoms with Crippen molar-refractivity contribution < 1.29 is 9.53 Å². The lowest BCUT2D eigenvalue weighted by Crippen LogP contribution is -2.67. The summed E-state index contributed by atoms with van der Waals surface area (Å²) in [6.45, 7) is 4.30. The van der Waals surface area contributed by atoms with Crippen molar-refractivity contribution in [3.05, 3.63) is 65.7 Å². The van der Waals surface area contributed by atoms with Crippen molar-refractivity contribution in [2.24, 2.45) is 17.6 Å². The molecule has 30 heavy (non-hydrogen) atoms. The summed E-state index contributed by atoms with van der Waals surface area (Å²) in [4.78, 5) is 16.9. The van der Waals surface area contributed by atoms with Gasteiger partial charge < -0.3 is 15.4 Å². The zero-order valence-electron chi connectivity index (χ0n) is 17.7. The molecule has 3 aliphatic rings. The second-order valence-electron chi connectivity index (χ2n) is 9.12. The molecule has 2 aromatic rings. The van der Waals surface area contributed by atoms with Crippen LogP contribution in [0.1, 0.15) is 35.2 Å². The molecule has 2 aromatic carbocycles. The normalized spacial score (nSPS) is 29.4. The highest BCUT2D eigenvalue weighted by Gasteiger charge is 2.54. The van der Waals surface area contributed by atoms with Gasteiger partial charge in [-0.2, -0.15) is 0 Å². The fraction of sp³-hybridized carbons (Fsp3) is 0.480. The van der Waals surface area contributed by atoms with Crippen LogP contribution in [0.3, 0.4) is 0 Å². The molecule has 3 fully saturated rings. The van der Waals surface area contributed by atoms with Gasteiger partial charge in [0.2, 0.25) is 5.91 Å². The number of amides is 1. The summed E-state index contributed by atoms with van der Waals surface area (Å²) in [5.74, 6) is 0.494.